The lowest BCUT2D eigenvalue weighted by Gasteiger charge is -2.13. The summed E-state index contributed by atoms with van der Waals surface area (Å²) in [7, 11) is 3.88. The number of hydrogen-bond donors (Lipinski definition) is 1. The molecular weight excluding hydrogens is 304 g/mol. The van der Waals surface area contributed by atoms with Crippen LogP contribution < -0.4 is 10.2 Å². The molecule has 24 heavy (non-hydrogen) atoms. The smallest absolute Gasteiger partial charge is 0.251 e. The first-order valence-corrected chi connectivity index (χ1v) is 7.51. The summed E-state index contributed by atoms with van der Waals surface area (Å²) >= 11 is 0. The highest BCUT2D eigenvalue weighted by molar-refractivity contribution is 5.95. The third kappa shape index (κ3) is 3.57. The number of amides is 1. The molecule has 1 aromatic carbocycles. The maximum absolute atomic E-state index is 12.3. The van der Waals surface area contributed by atoms with Crippen molar-refractivity contribution in [2.75, 3.05) is 19.0 Å². The van der Waals surface area contributed by atoms with Gasteiger partial charge in [-0.3, -0.25) is 9.78 Å². The molecule has 0 atom stereocenters. The van der Waals surface area contributed by atoms with Crippen LogP contribution in [0.2, 0.25) is 0 Å². The lowest BCUT2D eigenvalue weighted by molar-refractivity contribution is 0.0950. The number of carbonyl (C=O) groups is 1. The highest BCUT2D eigenvalue weighted by Crippen LogP contribution is 2.13. The van der Waals surface area contributed by atoms with Gasteiger partial charge in [0.05, 0.1) is 18.4 Å². The fraction of sp³-hybridized carbons (Fsp3) is 0.176. The number of carbonyl (C=O) groups excluding carboxylic acids is 1. The normalized spacial score (nSPS) is 10.4. The summed E-state index contributed by atoms with van der Waals surface area (Å²) < 4.78 is 1.65. The fourth-order valence-corrected chi connectivity index (χ4v) is 2.20. The molecule has 0 saturated carbocycles. The van der Waals surface area contributed by atoms with E-state index in [4.69, 9.17) is 0 Å². The van der Waals surface area contributed by atoms with E-state index in [1.165, 1.54) is 0 Å². The summed E-state index contributed by atoms with van der Waals surface area (Å²) in [6.45, 7) is 0.316. The molecule has 3 rings (SSSR count). The van der Waals surface area contributed by atoms with Gasteiger partial charge in [0.1, 0.15) is 5.69 Å². The summed E-state index contributed by atoms with van der Waals surface area (Å²) in [6, 6.07) is 11.1. The van der Waals surface area contributed by atoms with Gasteiger partial charge in [-0.05, 0) is 30.3 Å². The van der Waals surface area contributed by atoms with Gasteiger partial charge in [-0.15, -0.1) is 5.10 Å². The minimum atomic E-state index is -0.142. The second-order valence-electron chi connectivity index (χ2n) is 5.49. The number of nitrogens with one attached hydrogen (secondary N) is 1. The van der Waals surface area contributed by atoms with E-state index in [1.54, 1.807) is 29.3 Å². The van der Waals surface area contributed by atoms with Crippen LogP contribution in [0, 0.1) is 0 Å². The molecule has 2 heterocycles. The predicted molar refractivity (Wildman–Crippen MR) is 91.1 cm³/mol. The maximum Gasteiger partial charge on any atom is 0.251 e. The van der Waals surface area contributed by atoms with Crippen LogP contribution in [0.1, 0.15) is 16.1 Å². The van der Waals surface area contributed by atoms with Crippen molar-refractivity contribution in [2.24, 2.45) is 0 Å². The molecule has 1 N–H and O–H groups in total. The number of rotatable bonds is 5. The van der Waals surface area contributed by atoms with Crippen molar-refractivity contribution in [2.45, 2.75) is 6.54 Å². The molecule has 0 bridgehead atoms. The lowest BCUT2D eigenvalue weighted by atomic mass is 10.2. The molecule has 0 spiro atoms. The minimum absolute atomic E-state index is 0.142. The summed E-state index contributed by atoms with van der Waals surface area (Å²) in [4.78, 5) is 18.2. The molecule has 0 saturated heterocycles. The molecule has 0 aliphatic carbocycles. The van der Waals surface area contributed by atoms with Crippen molar-refractivity contribution in [3.8, 4) is 5.69 Å². The average Bonchev–Trinajstić information content (AvgIpc) is 3.09. The van der Waals surface area contributed by atoms with Gasteiger partial charge < -0.3 is 10.2 Å². The first kappa shape index (κ1) is 15.7. The Hall–Kier alpha value is -3.22. The van der Waals surface area contributed by atoms with Crippen molar-refractivity contribution >= 4 is 11.6 Å². The highest BCUT2D eigenvalue weighted by Gasteiger charge is 2.09. The van der Waals surface area contributed by atoms with Crippen LogP contribution in [0.4, 0.5) is 5.69 Å². The summed E-state index contributed by atoms with van der Waals surface area (Å²) in [5, 5.41) is 11.0. The van der Waals surface area contributed by atoms with Crippen molar-refractivity contribution in [3.63, 3.8) is 0 Å². The molecular formula is C17H18N6O. The van der Waals surface area contributed by atoms with E-state index in [2.05, 4.69) is 20.6 Å². The Bertz CT molecular complexity index is 828. The zero-order valence-corrected chi connectivity index (χ0v) is 13.5. The number of pyridine rings is 1. The second kappa shape index (κ2) is 6.91. The van der Waals surface area contributed by atoms with Gasteiger partial charge in [0, 0.05) is 37.7 Å². The van der Waals surface area contributed by atoms with E-state index in [0.717, 1.165) is 11.4 Å². The molecule has 0 aliphatic rings. The van der Waals surface area contributed by atoms with Crippen LogP contribution in [0.25, 0.3) is 5.69 Å². The molecule has 0 fully saturated rings. The molecule has 7 heteroatoms. The van der Waals surface area contributed by atoms with Crippen molar-refractivity contribution in [1.29, 1.82) is 0 Å². The number of aromatic nitrogens is 4. The van der Waals surface area contributed by atoms with Gasteiger partial charge >= 0.3 is 0 Å². The molecule has 7 nitrogen and oxygen atoms in total. The van der Waals surface area contributed by atoms with E-state index >= 15 is 0 Å². The zero-order valence-electron chi connectivity index (χ0n) is 13.5. The van der Waals surface area contributed by atoms with E-state index in [9.17, 15) is 4.79 Å². The monoisotopic (exact) mass is 322 g/mol. The van der Waals surface area contributed by atoms with Crippen LogP contribution in [0.15, 0.2) is 55.0 Å². The van der Waals surface area contributed by atoms with E-state index < -0.39 is 0 Å². The van der Waals surface area contributed by atoms with Crippen LogP contribution >= 0.6 is 0 Å². The molecule has 2 aromatic heterocycles. The van der Waals surface area contributed by atoms with Crippen LogP contribution in [-0.4, -0.2) is 40.0 Å². The molecule has 0 aliphatic heterocycles. The Balaban J connectivity index is 1.65. The lowest BCUT2D eigenvalue weighted by Crippen LogP contribution is -2.23. The summed E-state index contributed by atoms with van der Waals surface area (Å²) in [5.41, 5.74) is 3.15. The topological polar surface area (TPSA) is 75.9 Å². The number of hydrogen-bond acceptors (Lipinski definition) is 5. The SMILES string of the molecule is CN(C)c1cccc(C(=O)NCc2cn(-c3ccncc3)nn2)c1. The molecule has 0 unspecified atom stereocenters. The number of anilines is 1. The predicted octanol–water partition coefficient (Wildman–Crippen LogP) is 1.66. The van der Waals surface area contributed by atoms with Crippen LogP contribution in [0.3, 0.4) is 0 Å². The quantitative estimate of drug-likeness (QED) is 0.773. The van der Waals surface area contributed by atoms with Crippen molar-refractivity contribution in [1.82, 2.24) is 25.3 Å². The van der Waals surface area contributed by atoms with E-state index in [0.29, 0.717) is 17.8 Å². The Morgan fingerprint density at radius 1 is 1.21 bits per heavy atom. The van der Waals surface area contributed by atoms with Gasteiger partial charge in [-0.25, -0.2) is 4.68 Å². The van der Waals surface area contributed by atoms with Gasteiger partial charge in [-0.2, -0.15) is 0 Å². The zero-order chi connectivity index (χ0) is 16.9. The first-order chi connectivity index (χ1) is 11.6. The van der Waals surface area contributed by atoms with Crippen molar-refractivity contribution in [3.05, 3.63) is 66.2 Å². The van der Waals surface area contributed by atoms with E-state index in [1.807, 2.05) is 49.3 Å². The van der Waals surface area contributed by atoms with Gasteiger partial charge in [0.2, 0.25) is 0 Å². The summed E-state index contributed by atoms with van der Waals surface area (Å²) in [5.74, 6) is -0.142. The Kier molecular flexibility index (Phi) is 4.51. The average molecular weight is 322 g/mol. The van der Waals surface area contributed by atoms with Gasteiger partial charge in [-0.1, -0.05) is 11.3 Å². The Morgan fingerprint density at radius 2 is 2.00 bits per heavy atom. The Labute approximate surface area is 139 Å². The van der Waals surface area contributed by atoms with Crippen LogP contribution in [-0.2, 0) is 6.54 Å². The summed E-state index contributed by atoms with van der Waals surface area (Å²) in [6.07, 6.45) is 5.16. The highest BCUT2D eigenvalue weighted by atomic mass is 16.1. The molecule has 3 aromatic rings. The minimum Gasteiger partial charge on any atom is -0.378 e. The van der Waals surface area contributed by atoms with Crippen LogP contribution in [0.5, 0.6) is 0 Å². The third-order valence-corrected chi connectivity index (χ3v) is 3.52. The number of benzene rings is 1. The number of nitrogens with zero attached hydrogens (tertiary/aromatic N) is 5. The van der Waals surface area contributed by atoms with Crippen molar-refractivity contribution < 1.29 is 4.79 Å². The molecule has 1 amide bonds. The molecule has 122 valence electrons. The Morgan fingerprint density at radius 3 is 2.75 bits per heavy atom. The van der Waals surface area contributed by atoms with Gasteiger partial charge in [0.15, 0.2) is 0 Å². The second-order valence-corrected chi connectivity index (χ2v) is 5.49. The standard InChI is InChI=1S/C17H18N6O/c1-22(2)16-5-3-4-13(10-16)17(24)19-11-14-12-23(21-20-14)15-6-8-18-9-7-15/h3-10,12H,11H2,1-2H3,(H,19,24). The fourth-order valence-electron chi connectivity index (χ4n) is 2.20. The first-order valence-electron chi connectivity index (χ1n) is 7.51. The molecule has 0 radical (unpaired) electrons. The largest absolute Gasteiger partial charge is 0.378 e. The maximum atomic E-state index is 12.3. The van der Waals surface area contributed by atoms with E-state index in [-0.39, 0.29) is 5.91 Å². The third-order valence-electron chi connectivity index (χ3n) is 3.52. The van der Waals surface area contributed by atoms with Gasteiger partial charge in [0.25, 0.3) is 5.91 Å².